The summed E-state index contributed by atoms with van der Waals surface area (Å²) in [6, 6.07) is 17.2. The van der Waals surface area contributed by atoms with Gasteiger partial charge in [-0.25, -0.2) is 5.43 Å². The van der Waals surface area contributed by atoms with Gasteiger partial charge in [0.2, 0.25) is 0 Å². The number of nitrogens with zero attached hydrogens (tertiary/aromatic N) is 2. The van der Waals surface area contributed by atoms with E-state index in [1.54, 1.807) is 80.2 Å². The van der Waals surface area contributed by atoms with Gasteiger partial charge in [-0.15, -0.1) is 0 Å². The van der Waals surface area contributed by atoms with Gasteiger partial charge in [0.1, 0.15) is 17.2 Å². The third kappa shape index (κ3) is 6.02. The van der Waals surface area contributed by atoms with Crippen LogP contribution in [0.2, 0.25) is 0 Å². The summed E-state index contributed by atoms with van der Waals surface area (Å²) in [6.07, 6.45) is 6.22. The molecule has 0 radical (unpaired) electrons. The van der Waals surface area contributed by atoms with E-state index in [9.17, 15) is 9.59 Å². The Labute approximate surface area is 185 Å². The van der Waals surface area contributed by atoms with Crippen LogP contribution in [0.15, 0.2) is 83.9 Å². The van der Waals surface area contributed by atoms with Gasteiger partial charge in [-0.2, -0.15) is 5.10 Å². The monoisotopic (exact) mass is 430 g/mol. The third-order valence-electron chi connectivity index (χ3n) is 4.36. The first-order valence-electron chi connectivity index (χ1n) is 9.64. The number of aromatic nitrogens is 1. The highest BCUT2D eigenvalue weighted by Gasteiger charge is 2.15. The normalized spacial score (nSPS) is 11.1. The number of hydrogen-bond acceptors (Lipinski definition) is 6. The zero-order valence-corrected chi connectivity index (χ0v) is 17.6. The maximum atomic E-state index is 12.8. The molecule has 0 atom stereocenters. The van der Waals surface area contributed by atoms with Crippen LogP contribution in [0, 0.1) is 0 Å². The van der Waals surface area contributed by atoms with Gasteiger partial charge in [0.25, 0.3) is 11.8 Å². The van der Waals surface area contributed by atoms with Crippen LogP contribution in [0.5, 0.6) is 11.5 Å². The lowest BCUT2D eigenvalue weighted by molar-refractivity contribution is -0.117. The number of hydrazone groups is 1. The fourth-order valence-electron chi connectivity index (χ4n) is 2.71. The molecular weight excluding hydrogens is 408 g/mol. The fraction of sp³-hybridized carbons (Fsp3) is 0.0833. The lowest BCUT2D eigenvalue weighted by Gasteiger charge is -2.11. The summed E-state index contributed by atoms with van der Waals surface area (Å²) in [7, 11) is 3.05. The van der Waals surface area contributed by atoms with Crippen LogP contribution in [0.1, 0.15) is 21.5 Å². The van der Waals surface area contributed by atoms with E-state index in [-0.39, 0.29) is 5.70 Å². The molecule has 0 spiro atoms. The molecular formula is C24H22N4O4. The van der Waals surface area contributed by atoms with Crippen molar-refractivity contribution in [3.8, 4) is 11.5 Å². The summed E-state index contributed by atoms with van der Waals surface area (Å²) in [4.78, 5) is 29.4. The minimum absolute atomic E-state index is 0.00537. The maximum Gasteiger partial charge on any atom is 0.287 e. The van der Waals surface area contributed by atoms with Gasteiger partial charge < -0.3 is 14.8 Å². The number of pyridine rings is 1. The van der Waals surface area contributed by atoms with Crippen molar-refractivity contribution in [3.63, 3.8) is 0 Å². The molecule has 162 valence electrons. The standard InChI is InChI=1S/C24H22N4O4/c1-31-20-9-8-19(22(15-20)32-2)14-21(27-23(29)18-6-4-3-5-7-18)24(30)28-26-16-17-10-12-25-13-11-17/h3-16H,1-2H3,(H,27,29)(H,28,30)/b21-14+,26-16?. The van der Waals surface area contributed by atoms with E-state index in [0.29, 0.717) is 22.6 Å². The lowest BCUT2D eigenvalue weighted by atomic mass is 10.1. The van der Waals surface area contributed by atoms with Crippen LogP contribution in [0.25, 0.3) is 6.08 Å². The summed E-state index contributed by atoms with van der Waals surface area (Å²) in [5.41, 5.74) is 4.17. The number of carbonyl (C=O) groups excluding carboxylic acids is 2. The van der Waals surface area contributed by atoms with E-state index >= 15 is 0 Å². The molecule has 1 aromatic heterocycles. The van der Waals surface area contributed by atoms with Crippen molar-refractivity contribution in [2.75, 3.05) is 14.2 Å². The van der Waals surface area contributed by atoms with Crippen LogP contribution >= 0.6 is 0 Å². The zero-order valence-electron chi connectivity index (χ0n) is 17.6. The first-order valence-corrected chi connectivity index (χ1v) is 9.64. The largest absolute Gasteiger partial charge is 0.497 e. The molecule has 0 aliphatic carbocycles. The van der Waals surface area contributed by atoms with Crippen molar-refractivity contribution in [2.24, 2.45) is 5.10 Å². The van der Waals surface area contributed by atoms with Crippen LogP contribution in [0.4, 0.5) is 0 Å². The molecule has 0 unspecified atom stereocenters. The molecule has 3 aromatic rings. The van der Waals surface area contributed by atoms with Gasteiger partial charge in [0.15, 0.2) is 0 Å². The van der Waals surface area contributed by atoms with E-state index in [1.807, 2.05) is 0 Å². The van der Waals surface area contributed by atoms with Crippen LogP contribution in [-0.2, 0) is 4.79 Å². The van der Waals surface area contributed by atoms with Crippen molar-refractivity contribution in [2.45, 2.75) is 0 Å². The molecule has 1 heterocycles. The molecule has 2 aromatic carbocycles. The molecule has 8 nitrogen and oxygen atoms in total. The quantitative estimate of drug-likeness (QED) is 0.325. The van der Waals surface area contributed by atoms with Crippen molar-refractivity contribution >= 4 is 24.1 Å². The smallest absolute Gasteiger partial charge is 0.287 e. The zero-order chi connectivity index (χ0) is 22.8. The number of benzene rings is 2. The molecule has 3 rings (SSSR count). The number of methoxy groups -OCH3 is 2. The fourth-order valence-corrected chi connectivity index (χ4v) is 2.71. The Balaban J connectivity index is 1.88. The predicted molar refractivity (Wildman–Crippen MR) is 121 cm³/mol. The second kappa shape index (κ2) is 11.1. The van der Waals surface area contributed by atoms with Crippen molar-refractivity contribution in [3.05, 3.63) is 95.4 Å². The van der Waals surface area contributed by atoms with Gasteiger partial charge in [-0.05, 0) is 48.0 Å². The van der Waals surface area contributed by atoms with Crippen LogP contribution in [-0.4, -0.2) is 37.2 Å². The van der Waals surface area contributed by atoms with Gasteiger partial charge >= 0.3 is 0 Å². The number of amides is 2. The minimum Gasteiger partial charge on any atom is -0.497 e. The Morgan fingerprint density at radius 3 is 2.41 bits per heavy atom. The third-order valence-corrected chi connectivity index (χ3v) is 4.36. The van der Waals surface area contributed by atoms with Gasteiger partial charge in [0, 0.05) is 29.6 Å². The van der Waals surface area contributed by atoms with E-state index in [0.717, 1.165) is 5.56 Å². The van der Waals surface area contributed by atoms with Gasteiger partial charge in [-0.1, -0.05) is 18.2 Å². The van der Waals surface area contributed by atoms with E-state index in [4.69, 9.17) is 9.47 Å². The van der Waals surface area contributed by atoms with Crippen LogP contribution < -0.4 is 20.2 Å². The van der Waals surface area contributed by atoms with E-state index in [2.05, 4.69) is 20.8 Å². The SMILES string of the molecule is COc1ccc(/C=C(/NC(=O)c2ccccc2)C(=O)NN=Cc2ccncc2)c(OC)c1. The van der Waals surface area contributed by atoms with Crippen molar-refractivity contribution in [1.29, 1.82) is 0 Å². The number of nitrogens with one attached hydrogen (secondary N) is 2. The number of hydrogen-bond donors (Lipinski definition) is 2. The topological polar surface area (TPSA) is 102 Å². The average Bonchev–Trinajstić information content (AvgIpc) is 2.84. The molecule has 0 bridgehead atoms. The summed E-state index contributed by atoms with van der Waals surface area (Å²) < 4.78 is 10.6. The molecule has 2 N–H and O–H groups in total. The summed E-state index contributed by atoms with van der Waals surface area (Å²) >= 11 is 0. The molecule has 0 aliphatic rings. The molecule has 0 aliphatic heterocycles. The van der Waals surface area contributed by atoms with Crippen LogP contribution in [0.3, 0.4) is 0 Å². The summed E-state index contributed by atoms with van der Waals surface area (Å²) in [5, 5.41) is 6.61. The highest BCUT2D eigenvalue weighted by atomic mass is 16.5. The Bertz CT molecular complexity index is 1130. The minimum atomic E-state index is -0.600. The molecule has 0 saturated carbocycles. The van der Waals surface area contributed by atoms with E-state index < -0.39 is 11.8 Å². The molecule has 0 saturated heterocycles. The second-order valence-corrected chi connectivity index (χ2v) is 6.47. The van der Waals surface area contributed by atoms with Crippen molar-refractivity contribution < 1.29 is 19.1 Å². The number of rotatable bonds is 8. The lowest BCUT2D eigenvalue weighted by Crippen LogP contribution is -2.32. The molecule has 0 fully saturated rings. The Hall–Kier alpha value is -4.46. The second-order valence-electron chi connectivity index (χ2n) is 6.47. The summed E-state index contributed by atoms with van der Waals surface area (Å²) in [6.45, 7) is 0. The average molecular weight is 430 g/mol. The Morgan fingerprint density at radius 1 is 0.969 bits per heavy atom. The Morgan fingerprint density at radius 2 is 1.72 bits per heavy atom. The number of carbonyl (C=O) groups is 2. The highest BCUT2D eigenvalue weighted by molar-refractivity contribution is 6.05. The number of ether oxygens (including phenoxy) is 2. The molecule has 2 amide bonds. The van der Waals surface area contributed by atoms with Gasteiger partial charge in [0.05, 0.1) is 20.4 Å². The van der Waals surface area contributed by atoms with E-state index in [1.165, 1.54) is 19.4 Å². The van der Waals surface area contributed by atoms with Gasteiger partial charge in [-0.3, -0.25) is 14.6 Å². The van der Waals surface area contributed by atoms with Crippen molar-refractivity contribution in [1.82, 2.24) is 15.7 Å². The molecule has 8 heteroatoms. The first-order chi connectivity index (χ1) is 15.6. The highest BCUT2D eigenvalue weighted by Crippen LogP contribution is 2.26. The molecule has 32 heavy (non-hydrogen) atoms. The Kier molecular flexibility index (Phi) is 7.69. The maximum absolute atomic E-state index is 12.8. The summed E-state index contributed by atoms with van der Waals surface area (Å²) in [5.74, 6) is 0.0409. The first kappa shape index (κ1) is 22.2. The predicted octanol–water partition coefficient (Wildman–Crippen LogP) is 3.02.